The maximum Gasteiger partial charge on any atom is 0.232 e. The molecule has 0 bridgehead atoms. The van der Waals surface area contributed by atoms with E-state index in [0.29, 0.717) is 10.6 Å². The number of rotatable bonds is 5. The van der Waals surface area contributed by atoms with Crippen LogP contribution < -0.4 is 0 Å². The number of benzene rings is 2. The van der Waals surface area contributed by atoms with E-state index in [1.807, 2.05) is 30.3 Å². The summed E-state index contributed by atoms with van der Waals surface area (Å²) in [5.41, 5.74) is 1.23. The van der Waals surface area contributed by atoms with Crippen LogP contribution in [0.1, 0.15) is 5.56 Å². The zero-order valence-corrected chi connectivity index (χ0v) is 15.1. The van der Waals surface area contributed by atoms with Gasteiger partial charge in [-0.05, 0) is 24.3 Å². The summed E-state index contributed by atoms with van der Waals surface area (Å²) in [7, 11) is 1.65. The second-order valence-electron chi connectivity index (χ2n) is 5.56. The number of fused-ring (bicyclic) bond motifs is 1. The van der Waals surface area contributed by atoms with Gasteiger partial charge in [0.15, 0.2) is 0 Å². The molecule has 0 radical (unpaired) electrons. The summed E-state index contributed by atoms with van der Waals surface area (Å²) in [6.07, 6.45) is 1.73. The maximum atomic E-state index is 13.9. The number of aromatic nitrogens is 1. The molecule has 1 heterocycles. The van der Waals surface area contributed by atoms with Gasteiger partial charge in [0.25, 0.3) is 0 Å². The van der Waals surface area contributed by atoms with Crippen LogP contribution in [-0.2, 0) is 11.3 Å². The molecule has 0 saturated carbocycles. The normalized spacial score (nSPS) is 10.8. The molecule has 0 N–H and O–H groups in total. The topological polar surface area (TPSA) is 33.2 Å². The highest BCUT2D eigenvalue weighted by molar-refractivity contribution is 8.00. The Kier molecular flexibility index (Phi) is 5.56. The van der Waals surface area contributed by atoms with Crippen LogP contribution in [0.5, 0.6) is 0 Å². The molecule has 0 aliphatic rings. The second-order valence-corrected chi connectivity index (χ2v) is 6.99. The van der Waals surface area contributed by atoms with E-state index in [0.717, 1.165) is 15.8 Å². The molecule has 2 aromatic carbocycles. The van der Waals surface area contributed by atoms with E-state index in [-0.39, 0.29) is 18.2 Å². The van der Waals surface area contributed by atoms with Crippen LogP contribution in [0, 0.1) is 5.82 Å². The SMILES string of the molecule is CN(Cc1c(F)cccc1Cl)C(=O)CSc1ccnc2ccccc12. The summed E-state index contributed by atoms with van der Waals surface area (Å²) in [5, 5.41) is 1.34. The lowest BCUT2D eigenvalue weighted by Gasteiger charge is -2.18. The minimum atomic E-state index is -0.403. The molecule has 3 rings (SSSR count). The van der Waals surface area contributed by atoms with Gasteiger partial charge in [-0.2, -0.15) is 0 Å². The van der Waals surface area contributed by atoms with Crippen molar-refractivity contribution in [1.29, 1.82) is 0 Å². The van der Waals surface area contributed by atoms with Crippen LogP contribution in [0.4, 0.5) is 4.39 Å². The quantitative estimate of drug-likeness (QED) is 0.603. The van der Waals surface area contributed by atoms with Gasteiger partial charge < -0.3 is 4.90 Å². The number of nitrogens with zero attached hydrogens (tertiary/aromatic N) is 2. The molecule has 0 saturated heterocycles. The predicted molar refractivity (Wildman–Crippen MR) is 100 cm³/mol. The number of thioether (sulfide) groups is 1. The van der Waals surface area contributed by atoms with E-state index < -0.39 is 5.82 Å². The molecule has 1 aromatic heterocycles. The molecular formula is C19H16ClFN2OS. The molecule has 0 atom stereocenters. The highest BCUT2D eigenvalue weighted by Crippen LogP contribution is 2.27. The van der Waals surface area contributed by atoms with Gasteiger partial charge in [-0.3, -0.25) is 9.78 Å². The smallest absolute Gasteiger partial charge is 0.232 e. The van der Waals surface area contributed by atoms with Crippen molar-refractivity contribution in [2.75, 3.05) is 12.8 Å². The van der Waals surface area contributed by atoms with E-state index >= 15 is 0 Å². The van der Waals surface area contributed by atoms with Crippen molar-refractivity contribution in [3.63, 3.8) is 0 Å². The van der Waals surface area contributed by atoms with Crippen LogP contribution >= 0.6 is 23.4 Å². The van der Waals surface area contributed by atoms with Crippen molar-refractivity contribution < 1.29 is 9.18 Å². The van der Waals surface area contributed by atoms with Gasteiger partial charge in [0.05, 0.1) is 11.3 Å². The first-order chi connectivity index (χ1) is 12.1. The lowest BCUT2D eigenvalue weighted by molar-refractivity contribution is -0.127. The number of halogens is 2. The summed E-state index contributed by atoms with van der Waals surface area (Å²) < 4.78 is 13.9. The first kappa shape index (κ1) is 17.7. The Morgan fingerprint density at radius 1 is 1.20 bits per heavy atom. The van der Waals surface area contributed by atoms with Crippen LogP contribution in [0.2, 0.25) is 5.02 Å². The minimum Gasteiger partial charge on any atom is -0.341 e. The van der Waals surface area contributed by atoms with E-state index in [4.69, 9.17) is 11.6 Å². The maximum absolute atomic E-state index is 13.9. The average molecular weight is 375 g/mol. The van der Waals surface area contributed by atoms with Crippen LogP contribution in [0.25, 0.3) is 10.9 Å². The molecule has 3 aromatic rings. The monoisotopic (exact) mass is 374 g/mol. The van der Waals surface area contributed by atoms with Gasteiger partial charge in [0, 0.05) is 40.7 Å². The number of para-hydroxylation sites is 1. The number of pyridine rings is 1. The average Bonchev–Trinajstić information content (AvgIpc) is 2.62. The summed E-state index contributed by atoms with van der Waals surface area (Å²) in [4.78, 5) is 19.2. The Bertz CT molecular complexity index is 893. The van der Waals surface area contributed by atoms with Gasteiger partial charge >= 0.3 is 0 Å². The van der Waals surface area contributed by atoms with E-state index in [2.05, 4.69) is 4.98 Å². The molecule has 6 heteroatoms. The third-order valence-electron chi connectivity index (χ3n) is 3.84. The second kappa shape index (κ2) is 7.85. The van der Waals surface area contributed by atoms with Crippen molar-refractivity contribution in [2.24, 2.45) is 0 Å². The largest absolute Gasteiger partial charge is 0.341 e. The fourth-order valence-electron chi connectivity index (χ4n) is 2.45. The lowest BCUT2D eigenvalue weighted by Crippen LogP contribution is -2.28. The molecule has 0 fully saturated rings. The number of carbonyl (C=O) groups excluding carboxylic acids is 1. The zero-order valence-electron chi connectivity index (χ0n) is 13.6. The van der Waals surface area contributed by atoms with E-state index in [9.17, 15) is 9.18 Å². The van der Waals surface area contributed by atoms with E-state index in [1.54, 1.807) is 25.4 Å². The van der Waals surface area contributed by atoms with Gasteiger partial charge in [0.1, 0.15) is 5.82 Å². The number of carbonyl (C=O) groups is 1. The number of hydrogen-bond donors (Lipinski definition) is 0. The van der Waals surface area contributed by atoms with Gasteiger partial charge in [-0.25, -0.2) is 4.39 Å². The number of hydrogen-bond acceptors (Lipinski definition) is 3. The van der Waals surface area contributed by atoms with Gasteiger partial charge in [-0.15, -0.1) is 11.8 Å². The lowest BCUT2D eigenvalue weighted by atomic mass is 10.2. The Labute approximate surface area is 154 Å². The van der Waals surface area contributed by atoms with Crippen molar-refractivity contribution in [3.05, 3.63) is 71.1 Å². The summed E-state index contributed by atoms with van der Waals surface area (Å²) >= 11 is 7.47. The molecule has 25 heavy (non-hydrogen) atoms. The highest BCUT2D eigenvalue weighted by atomic mass is 35.5. The first-order valence-electron chi connectivity index (χ1n) is 7.69. The highest BCUT2D eigenvalue weighted by Gasteiger charge is 2.15. The molecule has 0 aliphatic carbocycles. The molecule has 0 aliphatic heterocycles. The van der Waals surface area contributed by atoms with E-state index in [1.165, 1.54) is 22.7 Å². The summed E-state index contributed by atoms with van der Waals surface area (Å²) in [5.74, 6) is -0.235. The number of amides is 1. The third-order valence-corrected chi connectivity index (χ3v) is 5.26. The summed E-state index contributed by atoms with van der Waals surface area (Å²) in [6.45, 7) is 0.141. The molecule has 1 amide bonds. The Hall–Kier alpha value is -2.11. The standard InChI is InChI=1S/C19H16ClFN2OS/c1-23(11-14-15(20)6-4-7-16(14)21)19(24)12-25-18-9-10-22-17-8-3-2-5-13(17)18/h2-10H,11-12H2,1H3. The van der Waals surface area contributed by atoms with Crippen molar-refractivity contribution in [1.82, 2.24) is 9.88 Å². The Balaban J connectivity index is 1.68. The molecule has 3 nitrogen and oxygen atoms in total. The third kappa shape index (κ3) is 4.11. The van der Waals surface area contributed by atoms with Crippen LogP contribution in [0.15, 0.2) is 59.6 Å². The van der Waals surface area contributed by atoms with Crippen LogP contribution in [0.3, 0.4) is 0 Å². The molecule has 0 unspecified atom stereocenters. The zero-order chi connectivity index (χ0) is 17.8. The van der Waals surface area contributed by atoms with Crippen molar-refractivity contribution >= 4 is 40.2 Å². The van der Waals surface area contributed by atoms with Gasteiger partial charge in [0.2, 0.25) is 5.91 Å². The molecule has 128 valence electrons. The molecular weight excluding hydrogens is 359 g/mol. The van der Waals surface area contributed by atoms with Gasteiger partial charge in [-0.1, -0.05) is 35.9 Å². The van der Waals surface area contributed by atoms with Crippen molar-refractivity contribution in [3.8, 4) is 0 Å². The van der Waals surface area contributed by atoms with Crippen molar-refractivity contribution in [2.45, 2.75) is 11.4 Å². The van der Waals surface area contributed by atoms with Crippen LogP contribution in [-0.4, -0.2) is 28.6 Å². The minimum absolute atomic E-state index is 0.0924. The Morgan fingerprint density at radius 2 is 2.00 bits per heavy atom. The first-order valence-corrected chi connectivity index (χ1v) is 9.06. The summed E-state index contributed by atoms with van der Waals surface area (Å²) in [6, 6.07) is 14.2. The fourth-order valence-corrected chi connectivity index (χ4v) is 3.66. The fraction of sp³-hybridized carbons (Fsp3) is 0.158. The predicted octanol–water partition coefficient (Wildman–Crippen LogP) is 4.78. The Morgan fingerprint density at radius 3 is 2.80 bits per heavy atom. The molecule has 0 spiro atoms.